The van der Waals surface area contributed by atoms with Crippen LogP contribution in [0.25, 0.3) is 10.9 Å². The van der Waals surface area contributed by atoms with E-state index < -0.39 is 10.0 Å². The topological polar surface area (TPSA) is 71.4 Å². The summed E-state index contributed by atoms with van der Waals surface area (Å²) in [7, 11) is -3.47. The lowest BCUT2D eigenvalue weighted by Crippen LogP contribution is -2.35. The maximum atomic E-state index is 12.9. The van der Waals surface area contributed by atoms with Crippen molar-refractivity contribution in [3.05, 3.63) is 66.4 Å². The molecule has 1 fully saturated rings. The van der Waals surface area contributed by atoms with Crippen molar-refractivity contribution >= 4 is 26.8 Å². The van der Waals surface area contributed by atoms with Crippen molar-refractivity contribution in [3.63, 3.8) is 0 Å². The minimum atomic E-state index is -3.47. The summed E-state index contributed by atoms with van der Waals surface area (Å²) < 4.78 is 29.3. The number of rotatable bonds is 6. The summed E-state index contributed by atoms with van der Waals surface area (Å²) >= 11 is 0. The highest BCUT2D eigenvalue weighted by atomic mass is 32.2. The average molecular weight is 426 g/mol. The number of amides is 1. The van der Waals surface area contributed by atoms with Crippen molar-refractivity contribution in [2.75, 3.05) is 13.1 Å². The molecule has 1 atom stereocenters. The SMILES string of the molecule is C[C@@H](NC(=O)Cn1ccc2cc(S(=O)(=O)N3CCCCC3)ccc21)c1ccccc1. The third-order valence-electron chi connectivity index (χ3n) is 5.69. The number of hydrogen-bond acceptors (Lipinski definition) is 3. The van der Waals surface area contributed by atoms with Crippen LogP contribution < -0.4 is 5.32 Å². The molecule has 0 radical (unpaired) electrons. The summed E-state index contributed by atoms with van der Waals surface area (Å²) in [6.07, 6.45) is 4.73. The van der Waals surface area contributed by atoms with Gasteiger partial charge >= 0.3 is 0 Å². The highest BCUT2D eigenvalue weighted by Crippen LogP contribution is 2.25. The van der Waals surface area contributed by atoms with Gasteiger partial charge in [-0.1, -0.05) is 36.8 Å². The lowest BCUT2D eigenvalue weighted by molar-refractivity contribution is -0.122. The quantitative estimate of drug-likeness (QED) is 0.655. The molecule has 1 aliphatic heterocycles. The van der Waals surface area contributed by atoms with Gasteiger partial charge in [-0.05, 0) is 49.6 Å². The van der Waals surface area contributed by atoms with Crippen LogP contribution in [0.5, 0.6) is 0 Å². The number of carbonyl (C=O) groups excluding carboxylic acids is 1. The fourth-order valence-electron chi connectivity index (χ4n) is 4.00. The number of fused-ring (bicyclic) bond motifs is 1. The average Bonchev–Trinajstić information content (AvgIpc) is 3.17. The first kappa shape index (κ1) is 20.6. The van der Waals surface area contributed by atoms with Crippen molar-refractivity contribution in [2.45, 2.75) is 43.7 Å². The van der Waals surface area contributed by atoms with Gasteiger partial charge in [-0.3, -0.25) is 4.79 Å². The van der Waals surface area contributed by atoms with Gasteiger partial charge in [0.15, 0.2) is 0 Å². The number of aromatic nitrogens is 1. The minimum Gasteiger partial charge on any atom is -0.348 e. The molecule has 1 saturated heterocycles. The summed E-state index contributed by atoms with van der Waals surface area (Å²) in [5, 5.41) is 3.83. The van der Waals surface area contributed by atoms with Gasteiger partial charge in [0.25, 0.3) is 0 Å². The van der Waals surface area contributed by atoms with Gasteiger partial charge in [0, 0.05) is 30.2 Å². The van der Waals surface area contributed by atoms with Gasteiger partial charge in [0.2, 0.25) is 15.9 Å². The van der Waals surface area contributed by atoms with E-state index >= 15 is 0 Å². The Morgan fingerprint density at radius 2 is 1.77 bits per heavy atom. The molecule has 0 spiro atoms. The van der Waals surface area contributed by atoms with E-state index in [4.69, 9.17) is 0 Å². The van der Waals surface area contributed by atoms with Crippen LogP contribution in [-0.2, 0) is 21.4 Å². The van der Waals surface area contributed by atoms with E-state index in [2.05, 4.69) is 5.32 Å². The van der Waals surface area contributed by atoms with E-state index in [0.29, 0.717) is 18.0 Å². The van der Waals surface area contributed by atoms with Crippen LogP contribution in [-0.4, -0.2) is 36.3 Å². The molecular formula is C23H27N3O3S. The highest BCUT2D eigenvalue weighted by molar-refractivity contribution is 7.89. The van der Waals surface area contributed by atoms with Crippen LogP contribution in [0.2, 0.25) is 0 Å². The number of sulfonamides is 1. The second kappa shape index (κ2) is 8.62. The zero-order chi connectivity index (χ0) is 21.1. The first-order chi connectivity index (χ1) is 14.4. The van der Waals surface area contributed by atoms with Gasteiger partial charge in [0.05, 0.1) is 10.9 Å². The zero-order valence-electron chi connectivity index (χ0n) is 17.1. The molecule has 2 aromatic carbocycles. The van der Waals surface area contributed by atoms with Crippen LogP contribution in [0, 0.1) is 0 Å². The third-order valence-corrected chi connectivity index (χ3v) is 7.58. The molecule has 0 bridgehead atoms. The van der Waals surface area contributed by atoms with Crippen molar-refractivity contribution in [1.29, 1.82) is 0 Å². The predicted molar refractivity (Wildman–Crippen MR) is 118 cm³/mol. The van der Waals surface area contributed by atoms with Crippen LogP contribution in [0.1, 0.15) is 37.8 Å². The number of hydrogen-bond donors (Lipinski definition) is 1. The molecule has 6 nitrogen and oxygen atoms in total. The van der Waals surface area contributed by atoms with Gasteiger partial charge in [-0.2, -0.15) is 4.31 Å². The Kier molecular flexibility index (Phi) is 5.92. The summed E-state index contributed by atoms with van der Waals surface area (Å²) in [6.45, 7) is 3.31. The molecule has 2 heterocycles. The standard InChI is InChI=1S/C23H27N3O3S/c1-18(19-8-4-2-5-9-19)24-23(27)17-25-15-12-20-16-21(10-11-22(20)25)30(28,29)26-13-6-3-7-14-26/h2,4-5,8-12,15-16,18H,3,6-7,13-14,17H2,1H3,(H,24,27)/t18-/m1/s1. The molecule has 1 amide bonds. The molecule has 3 aromatic rings. The smallest absolute Gasteiger partial charge is 0.243 e. The fraction of sp³-hybridized carbons (Fsp3) is 0.348. The Morgan fingerprint density at radius 3 is 2.50 bits per heavy atom. The molecule has 1 N–H and O–H groups in total. The number of nitrogens with zero attached hydrogens (tertiary/aromatic N) is 2. The van der Waals surface area contributed by atoms with Crippen molar-refractivity contribution < 1.29 is 13.2 Å². The van der Waals surface area contributed by atoms with Crippen LogP contribution in [0.4, 0.5) is 0 Å². The maximum absolute atomic E-state index is 12.9. The molecule has 0 unspecified atom stereocenters. The molecule has 0 aliphatic carbocycles. The zero-order valence-corrected chi connectivity index (χ0v) is 17.9. The lowest BCUT2D eigenvalue weighted by atomic mass is 10.1. The maximum Gasteiger partial charge on any atom is 0.243 e. The fourth-order valence-corrected chi connectivity index (χ4v) is 5.55. The van der Waals surface area contributed by atoms with E-state index in [1.807, 2.05) is 54.1 Å². The van der Waals surface area contributed by atoms with E-state index in [0.717, 1.165) is 35.7 Å². The molecule has 1 aromatic heterocycles. The molecule has 1 aliphatic rings. The molecule has 30 heavy (non-hydrogen) atoms. The van der Waals surface area contributed by atoms with Gasteiger partial charge in [0.1, 0.15) is 6.54 Å². The molecule has 158 valence electrons. The van der Waals surface area contributed by atoms with Gasteiger partial charge in [-0.15, -0.1) is 0 Å². The van der Waals surface area contributed by atoms with Gasteiger partial charge < -0.3 is 9.88 Å². The summed E-state index contributed by atoms with van der Waals surface area (Å²) in [4.78, 5) is 12.9. The monoisotopic (exact) mass is 425 g/mol. The van der Waals surface area contributed by atoms with Crippen LogP contribution >= 0.6 is 0 Å². The van der Waals surface area contributed by atoms with E-state index in [1.54, 1.807) is 22.5 Å². The summed E-state index contributed by atoms with van der Waals surface area (Å²) in [5.74, 6) is -0.0890. The summed E-state index contributed by atoms with van der Waals surface area (Å²) in [5.41, 5.74) is 1.89. The van der Waals surface area contributed by atoms with E-state index in [1.165, 1.54) is 0 Å². The number of carbonyl (C=O) groups is 1. The van der Waals surface area contributed by atoms with E-state index in [-0.39, 0.29) is 18.5 Å². The Morgan fingerprint density at radius 1 is 1.03 bits per heavy atom. The van der Waals surface area contributed by atoms with Crippen LogP contribution in [0.3, 0.4) is 0 Å². The van der Waals surface area contributed by atoms with Crippen molar-refractivity contribution in [1.82, 2.24) is 14.2 Å². The Labute approximate surface area is 177 Å². The third kappa shape index (κ3) is 4.27. The Balaban J connectivity index is 1.49. The van der Waals surface area contributed by atoms with Crippen molar-refractivity contribution in [2.24, 2.45) is 0 Å². The number of benzene rings is 2. The highest BCUT2D eigenvalue weighted by Gasteiger charge is 2.26. The molecule has 4 rings (SSSR count). The van der Waals surface area contributed by atoms with Gasteiger partial charge in [-0.25, -0.2) is 8.42 Å². The largest absolute Gasteiger partial charge is 0.348 e. The Bertz CT molecular complexity index is 1130. The van der Waals surface area contributed by atoms with Crippen molar-refractivity contribution in [3.8, 4) is 0 Å². The lowest BCUT2D eigenvalue weighted by Gasteiger charge is -2.25. The number of nitrogens with one attached hydrogen (secondary N) is 1. The second-order valence-electron chi connectivity index (χ2n) is 7.83. The summed E-state index contributed by atoms with van der Waals surface area (Å²) in [6, 6.07) is 16.7. The predicted octanol–water partition coefficient (Wildman–Crippen LogP) is 3.69. The molecule has 0 saturated carbocycles. The molecule has 7 heteroatoms. The Hall–Kier alpha value is -2.64. The minimum absolute atomic E-state index is 0.0817. The van der Waals surface area contributed by atoms with Crippen LogP contribution in [0.15, 0.2) is 65.7 Å². The normalized spacial score (nSPS) is 16.4. The first-order valence-electron chi connectivity index (χ1n) is 10.4. The first-order valence-corrected chi connectivity index (χ1v) is 11.8. The number of piperidine rings is 1. The van der Waals surface area contributed by atoms with E-state index in [9.17, 15) is 13.2 Å². The second-order valence-corrected chi connectivity index (χ2v) is 9.77. The molecular weight excluding hydrogens is 398 g/mol.